The number of methoxy groups -OCH3 is 1. The highest BCUT2D eigenvalue weighted by Crippen LogP contribution is 2.30. The zero-order chi connectivity index (χ0) is 22.3. The molecular formula is C19H28N4O6S. The van der Waals surface area contributed by atoms with Crippen molar-refractivity contribution in [1.29, 1.82) is 0 Å². The van der Waals surface area contributed by atoms with E-state index in [9.17, 15) is 13.2 Å². The molecule has 1 fully saturated rings. The van der Waals surface area contributed by atoms with Crippen LogP contribution >= 0.6 is 0 Å². The monoisotopic (exact) mass is 440 g/mol. The standard InChI is InChI=1S/C19H28N4O6S/c1-12-15(17(24)27-6)16(13(2)28-12)30(25,26)23-9-7-22(8-10-23)11-14-20-18(29-21-14)19(3,4)5/h7-11H2,1-6H3. The van der Waals surface area contributed by atoms with Crippen molar-refractivity contribution in [3.63, 3.8) is 0 Å². The molecule has 0 amide bonds. The molecule has 0 unspecified atom stereocenters. The molecule has 0 atom stereocenters. The molecule has 0 bridgehead atoms. The van der Waals surface area contributed by atoms with Gasteiger partial charge in [0.1, 0.15) is 22.0 Å². The van der Waals surface area contributed by atoms with Crippen molar-refractivity contribution < 1.29 is 26.9 Å². The van der Waals surface area contributed by atoms with Crippen molar-refractivity contribution in [2.75, 3.05) is 33.3 Å². The number of hydrogen-bond acceptors (Lipinski definition) is 9. The number of ether oxygens (including phenoxy) is 1. The Bertz CT molecular complexity index is 1030. The molecule has 1 aliphatic heterocycles. The second kappa shape index (κ2) is 8.12. The Morgan fingerprint density at radius 2 is 1.77 bits per heavy atom. The van der Waals surface area contributed by atoms with Crippen molar-refractivity contribution in [1.82, 2.24) is 19.3 Å². The third-order valence-electron chi connectivity index (χ3n) is 5.00. The van der Waals surface area contributed by atoms with E-state index < -0.39 is 16.0 Å². The maximum Gasteiger partial charge on any atom is 0.342 e. The molecule has 0 aromatic carbocycles. The summed E-state index contributed by atoms with van der Waals surface area (Å²) in [6, 6.07) is 0. The van der Waals surface area contributed by atoms with E-state index in [4.69, 9.17) is 13.7 Å². The molecule has 0 radical (unpaired) electrons. The summed E-state index contributed by atoms with van der Waals surface area (Å²) in [5.74, 6) is 0.818. The van der Waals surface area contributed by atoms with E-state index in [1.165, 1.54) is 18.3 Å². The summed E-state index contributed by atoms with van der Waals surface area (Å²) >= 11 is 0. The summed E-state index contributed by atoms with van der Waals surface area (Å²) in [4.78, 5) is 18.5. The van der Waals surface area contributed by atoms with Gasteiger partial charge in [0.05, 0.1) is 13.7 Å². The van der Waals surface area contributed by atoms with E-state index in [-0.39, 0.29) is 40.5 Å². The van der Waals surface area contributed by atoms with Crippen molar-refractivity contribution in [3.8, 4) is 0 Å². The Morgan fingerprint density at radius 3 is 2.30 bits per heavy atom. The molecular weight excluding hydrogens is 412 g/mol. The fraction of sp³-hybridized carbons (Fsp3) is 0.632. The van der Waals surface area contributed by atoms with Crippen LogP contribution in [0, 0.1) is 13.8 Å². The average Bonchev–Trinajstić information content (AvgIpc) is 3.25. The lowest BCUT2D eigenvalue weighted by Gasteiger charge is -2.33. The SMILES string of the molecule is COC(=O)c1c(C)oc(C)c1S(=O)(=O)N1CCN(Cc2noc(C(C)(C)C)n2)CC1. The number of nitrogens with zero attached hydrogens (tertiary/aromatic N) is 4. The van der Waals surface area contributed by atoms with Crippen LogP contribution in [0.1, 0.15) is 54.4 Å². The van der Waals surface area contributed by atoms with Crippen LogP contribution in [0.5, 0.6) is 0 Å². The number of carbonyl (C=O) groups is 1. The van der Waals surface area contributed by atoms with Gasteiger partial charge in [0.15, 0.2) is 5.82 Å². The molecule has 2 aromatic heterocycles. The smallest absolute Gasteiger partial charge is 0.342 e. The number of aryl methyl sites for hydroxylation is 2. The van der Waals surface area contributed by atoms with Gasteiger partial charge in [0.25, 0.3) is 0 Å². The highest BCUT2D eigenvalue weighted by atomic mass is 32.2. The molecule has 10 nitrogen and oxygen atoms in total. The van der Waals surface area contributed by atoms with E-state index in [1.807, 2.05) is 20.8 Å². The van der Waals surface area contributed by atoms with Gasteiger partial charge in [-0.15, -0.1) is 0 Å². The Hall–Kier alpha value is -2.24. The molecule has 3 heterocycles. The normalized spacial score (nSPS) is 16.7. The average molecular weight is 441 g/mol. The van der Waals surface area contributed by atoms with Gasteiger partial charge in [0.2, 0.25) is 15.9 Å². The molecule has 2 aromatic rings. The summed E-state index contributed by atoms with van der Waals surface area (Å²) in [7, 11) is -2.70. The number of hydrogen-bond donors (Lipinski definition) is 0. The first kappa shape index (κ1) is 22.4. The van der Waals surface area contributed by atoms with Crippen LogP contribution in [0.2, 0.25) is 0 Å². The molecule has 0 saturated carbocycles. The predicted molar refractivity (Wildman–Crippen MR) is 107 cm³/mol. The zero-order valence-electron chi connectivity index (χ0n) is 18.2. The van der Waals surface area contributed by atoms with Crippen LogP contribution in [0.3, 0.4) is 0 Å². The van der Waals surface area contributed by atoms with E-state index in [1.54, 1.807) is 6.92 Å². The molecule has 1 saturated heterocycles. The minimum absolute atomic E-state index is 0.0427. The maximum absolute atomic E-state index is 13.2. The fourth-order valence-corrected chi connectivity index (χ4v) is 5.18. The third-order valence-corrected chi connectivity index (χ3v) is 7.05. The van der Waals surface area contributed by atoms with Gasteiger partial charge < -0.3 is 13.7 Å². The highest BCUT2D eigenvalue weighted by molar-refractivity contribution is 7.89. The van der Waals surface area contributed by atoms with Crippen molar-refractivity contribution in [2.45, 2.75) is 51.5 Å². The number of esters is 1. The second-order valence-corrected chi connectivity index (χ2v) is 10.2. The molecule has 30 heavy (non-hydrogen) atoms. The van der Waals surface area contributed by atoms with Crippen LogP contribution in [0.15, 0.2) is 13.8 Å². The second-order valence-electron chi connectivity index (χ2n) is 8.36. The quantitative estimate of drug-likeness (QED) is 0.642. The van der Waals surface area contributed by atoms with Crippen LogP contribution in [-0.2, 0) is 26.7 Å². The minimum atomic E-state index is -3.91. The molecule has 0 spiro atoms. The van der Waals surface area contributed by atoms with Gasteiger partial charge in [-0.2, -0.15) is 9.29 Å². The molecule has 1 aliphatic rings. The van der Waals surface area contributed by atoms with Crippen LogP contribution in [-0.4, -0.2) is 67.0 Å². The number of piperazine rings is 1. The fourth-order valence-electron chi connectivity index (χ4n) is 3.39. The number of carbonyl (C=O) groups excluding carboxylic acids is 1. The molecule has 3 rings (SSSR count). The number of sulfonamides is 1. The first-order valence-electron chi connectivity index (χ1n) is 9.69. The van der Waals surface area contributed by atoms with Gasteiger partial charge in [0, 0.05) is 31.6 Å². The van der Waals surface area contributed by atoms with Crippen LogP contribution < -0.4 is 0 Å². The van der Waals surface area contributed by atoms with Crippen molar-refractivity contribution in [3.05, 3.63) is 28.8 Å². The number of furan rings is 1. The van der Waals surface area contributed by atoms with E-state index in [0.29, 0.717) is 31.3 Å². The van der Waals surface area contributed by atoms with E-state index >= 15 is 0 Å². The van der Waals surface area contributed by atoms with E-state index in [2.05, 4.69) is 15.0 Å². The minimum Gasteiger partial charge on any atom is -0.465 e. The van der Waals surface area contributed by atoms with Gasteiger partial charge in [-0.25, -0.2) is 13.2 Å². The molecule has 166 valence electrons. The summed E-state index contributed by atoms with van der Waals surface area (Å²) in [5.41, 5.74) is -0.269. The summed E-state index contributed by atoms with van der Waals surface area (Å²) in [5, 5.41) is 4.02. The summed E-state index contributed by atoms with van der Waals surface area (Å²) < 4.78 is 43.3. The zero-order valence-corrected chi connectivity index (χ0v) is 19.0. The van der Waals surface area contributed by atoms with Crippen molar-refractivity contribution in [2.24, 2.45) is 0 Å². The lowest BCUT2D eigenvalue weighted by atomic mass is 9.97. The molecule has 11 heteroatoms. The molecule has 0 N–H and O–H groups in total. The largest absolute Gasteiger partial charge is 0.465 e. The number of rotatable bonds is 5. The first-order valence-corrected chi connectivity index (χ1v) is 11.1. The third kappa shape index (κ3) is 4.28. The summed E-state index contributed by atoms with van der Waals surface area (Å²) in [6.07, 6.45) is 0. The van der Waals surface area contributed by atoms with Gasteiger partial charge in [-0.05, 0) is 13.8 Å². The lowest BCUT2D eigenvalue weighted by molar-refractivity contribution is 0.0594. The molecule has 0 aliphatic carbocycles. The Balaban J connectivity index is 1.72. The first-order chi connectivity index (χ1) is 13.9. The Kier molecular flexibility index (Phi) is 6.08. The van der Waals surface area contributed by atoms with Gasteiger partial charge >= 0.3 is 5.97 Å². The highest BCUT2D eigenvalue weighted by Gasteiger charge is 2.37. The van der Waals surface area contributed by atoms with Gasteiger partial charge in [-0.1, -0.05) is 25.9 Å². The summed E-state index contributed by atoms with van der Waals surface area (Å²) in [6.45, 7) is 11.1. The Labute approximate surface area is 176 Å². The topological polar surface area (TPSA) is 119 Å². The predicted octanol–water partition coefficient (Wildman–Crippen LogP) is 1.87. The van der Waals surface area contributed by atoms with Crippen LogP contribution in [0.25, 0.3) is 0 Å². The van der Waals surface area contributed by atoms with Crippen LogP contribution in [0.4, 0.5) is 0 Å². The number of aromatic nitrogens is 2. The maximum atomic E-state index is 13.2. The van der Waals surface area contributed by atoms with Crippen molar-refractivity contribution >= 4 is 16.0 Å². The Morgan fingerprint density at radius 1 is 1.13 bits per heavy atom. The van der Waals surface area contributed by atoms with E-state index in [0.717, 1.165) is 0 Å². The lowest BCUT2D eigenvalue weighted by Crippen LogP contribution is -2.48. The van der Waals surface area contributed by atoms with Gasteiger partial charge in [-0.3, -0.25) is 4.90 Å².